The van der Waals surface area contributed by atoms with Gasteiger partial charge in [-0.2, -0.15) is 0 Å². The number of aromatic nitrogens is 1. The first-order valence-electron chi connectivity index (χ1n) is 10.6. The molecule has 0 saturated heterocycles. The number of hydrogen-bond acceptors (Lipinski definition) is 2. The molecule has 0 N–H and O–H groups in total. The Hall–Kier alpha value is -3.64. The summed E-state index contributed by atoms with van der Waals surface area (Å²) in [7, 11) is 0. The van der Waals surface area contributed by atoms with E-state index >= 15 is 0 Å². The Morgan fingerprint density at radius 2 is 1.48 bits per heavy atom. The molecule has 0 spiro atoms. The molecule has 33 heavy (non-hydrogen) atoms. The van der Waals surface area contributed by atoms with Crippen molar-refractivity contribution in [2.75, 3.05) is 0 Å². The second-order valence-electron chi connectivity index (χ2n) is 7.72. The van der Waals surface area contributed by atoms with E-state index in [2.05, 4.69) is 72.8 Å². The molecule has 158 valence electrons. The first kappa shape index (κ1) is 21.2. The largest absolute Gasteiger partial charge is 2.00 e. The van der Waals surface area contributed by atoms with E-state index < -0.39 is 0 Å². The van der Waals surface area contributed by atoms with Gasteiger partial charge in [-0.15, -0.1) is 69.6 Å². The Kier molecular flexibility index (Phi) is 5.84. The molecule has 0 fully saturated rings. The second-order valence-corrected chi connectivity index (χ2v) is 7.72. The van der Waals surface area contributed by atoms with E-state index in [9.17, 15) is 0 Å². The fourth-order valence-corrected chi connectivity index (χ4v) is 4.18. The van der Waals surface area contributed by atoms with Gasteiger partial charge in [0.2, 0.25) is 0 Å². The van der Waals surface area contributed by atoms with Crippen LogP contribution in [0.15, 0.2) is 108 Å². The van der Waals surface area contributed by atoms with Gasteiger partial charge >= 0.3 is 20.4 Å². The minimum atomic E-state index is 0. The van der Waals surface area contributed by atoms with Crippen molar-refractivity contribution >= 4 is 44.3 Å². The van der Waals surface area contributed by atoms with Crippen molar-refractivity contribution in [3.8, 4) is 11.3 Å². The standard InChI is InChI=1S/C30H18N2.Pd/c1-3-14-25-21(8-1)10-5-13-24(25)20-31-29-17-7-12-23-18-19-28(32-30(23)29)27-16-6-11-22-9-2-4-15-26(22)27;/h1-12,14,16-20H;/q-2;+2. The van der Waals surface area contributed by atoms with Crippen LogP contribution < -0.4 is 0 Å². The van der Waals surface area contributed by atoms with E-state index in [0.717, 1.165) is 49.6 Å². The van der Waals surface area contributed by atoms with Crippen molar-refractivity contribution < 1.29 is 20.4 Å². The third-order valence-corrected chi connectivity index (χ3v) is 5.76. The van der Waals surface area contributed by atoms with Crippen LogP contribution in [0.4, 0.5) is 5.69 Å². The van der Waals surface area contributed by atoms with Crippen LogP contribution in [0.5, 0.6) is 0 Å². The molecule has 0 unspecified atom stereocenters. The third kappa shape index (κ3) is 3.98. The number of fused-ring (bicyclic) bond motifs is 3. The minimum absolute atomic E-state index is 0. The maximum Gasteiger partial charge on any atom is 2.00 e. The van der Waals surface area contributed by atoms with Crippen LogP contribution in [0.25, 0.3) is 43.7 Å². The van der Waals surface area contributed by atoms with Crippen molar-refractivity contribution in [3.63, 3.8) is 0 Å². The quantitative estimate of drug-likeness (QED) is 0.136. The Labute approximate surface area is 206 Å². The van der Waals surface area contributed by atoms with E-state index in [1.165, 1.54) is 5.39 Å². The van der Waals surface area contributed by atoms with Crippen molar-refractivity contribution in [2.24, 2.45) is 4.99 Å². The van der Waals surface area contributed by atoms with Gasteiger partial charge in [0.15, 0.2) is 0 Å². The second kappa shape index (κ2) is 9.08. The zero-order valence-corrected chi connectivity index (χ0v) is 19.2. The van der Waals surface area contributed by atoms with Crippen LogP contribution >= 0.6 is 0 Å². The molecule has 3 heteroatoms. The average Bonchev–Trinajstić information content (AvgIpc) is 2.87. The normalized spacial score (nSPS) is 11.3. The minimum Gasteiger partial charge on any atom is -0.302 e. The molecule has 0 atom stereocenters. The first-order chi connectivity index (χ1) is 15.9. The van der Waals surface area contributed by atoms with E-state index in [-0.39, 0.29) is 20.4 Å². The molecule has 0 radical (unpaired) electrons. The molecule has 2 nitrogen and oxygen atoms in total. The monoisotopic (exact) mass is 512 g/mol. The molecule has 0 saturated carbocycles. The SMILES string of the molecule is [Pd+2].[c-]1ccc2ccccc2c1C=Nc1cccc2ccc(-c3cccc4ccc[c-]c34)nc12. The van der Waals surface area contributed by atoms with E-state index in [1.54, 1.807) is 0 Å². The number of hydrogen-bond donors (Lipinski definition) is 0. The van der Waals surface area contributed by atoms with Gasteiger partial charge in [-0.25, -0.2) is 0 Å². The molecule has 1 heterocycles. The van der Waals surface area contributed by atoms with Crippen LogP contribution in [-0.2, 0) is 20.4 Å². The zero-order valence-electron chi connectivity index (χ0n) is 17.6. The van der Waals surface area contributed by atoms with Gasteiger partial charge in [-0.3, -0.25) is 4.98 Å². The summed E-state index contributed by atoms with van der Waals surface area (Å²) in [6, 6.07) is 41.6. The maximum atomic E-state index is 5.03. The molecule has 0 aliphatic heterocycles. The number of pyridine rings is 1. The Balaban J connectivity index is 0.00000228. The van der Waals surface area contributed by atoms with Crippen molar-refractivity contribution in [1.29, 1.82) is 0 Å². The molecule has 0 bridgehead atoms. The summed E-state index contributed by atoms with van der Waals surface area (Å²) in [5, 5.41) is 5.62. The molecule has 6 rings (SSSR count). The summed E-state index contributed by atoms with van der Waals surface area (Å²) in [4.78, 5) is 9.85. The van der Waals surface area contributed by atoms with Crippen molar-refractivity contribution in [2.45, 2.75) is 0 Å². The van der Waals surface area contributed by atoms with E-state index in [4.69, 9.17) is 9.98 Å². The molecule has 0 aliphatic carbocycles. The van der Waals surface area contributed by atoms with Crippen LogP contribution in [0.1, 0.15) is 5.56 Å². The number of benzene rings is 5. The maximum absolute atomic E-state index is 5.03. The predicted octanol–water partition coefficient (Wildman–Crippen LogP) is 7.56. The summed E-state index contributed by atoms with van der Waals surface area (Å²) in [6.45, 7) is 0. The number of nitrogens with zero attached hydrogens (tertiary/aromatic N) is 2. The summed E-state index contributed by atoms with van der Waals surface area (Å²) in [6.07, 6.45) is 1.89. The fraction of sp³-hybridized carbons (Fsp3) is 0. The Morgan fingerprint density at radius 3 is 2.45 bits per heavy atom. The summed E-state index contributed by atoms with van der Waals surface area (Å²) < 4.78 is 0. The zero-order chi connectivity index (χ0) is 21.3. The average molecular weight is 513 g/mol. The number of aliphatic imine (C=N–C) groups is 1. The van der Waals surface area contributed by atoms with E-state index in [0.29, 0.717) is 0 Å². The Bertz CT molecular complexity index is 1630. The molecule has 0 aliphatic rings. The molecule has 0 amide bonds. The van der Waals surface area contributed by atoms with Crippen LogP contribution in [-0.4, -0.2) is 11.2 Å². The van der Waals surface area contributed by atoms with Gasteiger partial charge in [0.1, 0.15) is 0 Å². The van der Waals surface area contributed by atoms with Crippen LogP contribution in [0.3, 0.4) is 0 Å². The Morgan fingerprint density at radius 1 is 0.667 bits per heavy atom. The van der Waals surface area contributed by atoms with E-state index in [1.807, 2.05) is 48.7 Å². The topological polar surface area (TPSA) is 25.2 Å². The number of para-hydroxylation sites is 1. The summed E-state index contributed by atoms with van der Waals surface area (Å²) in [5.41, 5.74) is 4.69. The van der Waals surface area contributed by atoms with Gasteiger partial charge in [-0.1, -0.05) is 66.2 Å². The van der Waals surface area contributed by atoms with Gasteiger partial charge in [0.25, 0.3) is 0 Å². The van der Waals surface area contributed by atoms with Crippen molar-refractivity contribution in [1.82, 2.24) is 4.98 Å². The van der Waals surface area contributed by atoms with Gasteiger partial charge < -0.3 is 4.99 Å². The first-order valence-corrected chi connectivity index (χ1v) is 10.6. The third-order valence-electron chi connectivity index (χ3n) is 5.76. The summed E-state index contributed by atoms with van der Waals surface area (Å²) in [5.74, 6) is 0. The predicted molar refractivity (Wildman–Crippen MR) is 134 cm³/mol. The molecule has 5 aromatic carbocycles. The molecular formula is C30H18N2Pd. The number of rotatable bonds is 3. The van der Waals surface area contributed by atoms with Gasteiger partial charge in [-0.05, 0) is 18.3 Å². The summed E-state index contributed by atoms with van der Waals surface area (Å²) >= 11 is 0. The molecule has 1 aromatic heterocycles. The smallest absolute Gasteiger partial charge is 0.302 e. The fourth-order valence-electron chi connectivity index (χ4n) is 4.18. The van der Waals surface area contributed by atoms with Crippen molar-refractivity contribution in [3.05, 3.63) is 121 Å². The molecular weight excluding hydrogens is 495 g/mol. The van der Waals surface area contributed by atoms with Crippen LogP contribution in [0.2, 0.25) is 0 Å². The van der Waals surface area contributed by atoms with Gasteiger partial charge in [0, 0.05) is 11.1 Å². The molecule has 6 aromatic rings. The van der Waals surface area contributed by atoms with Gasteiger partial charge in [0.05, 0.1) is 11.2 Å². The van der Waals surface area contributed by atoms with Crippen LogP contribution in [0, 0.1) is 12.1 Å².